The van der Waals surface area contributed by atoms with Gasteiger partial charge in [-0.3, -0.25) is 0 Å². The lowest BCUT2D eigenvalue weighted by atomic mass is 10.2. The number of hydrogen-bond donors (Lipinski definition) is 0. The Morgan fingerprint density at radius 2 is 1.80 bits per heavy atom. The molecule has 1 aromatic rings. The molecule has 0 aromatic heterocycles. The van der Waals surface area contributed by atoms with Gasteiger partial charge in [0.2, 0.25) is 0 Å². The van der Waals surface area contributed by atoms with Crippen molar-refractivity contribution < 1.29 is 9.47 Å². The summed E-state index contributed by atoms with van der Waals surface area (Å²) in [6.07, 6.45) is 9.04. The zero-order valence-electron chi connectivity index (χ0n) is 12.2. The van der Waals surface area contributed by atoms with Crippen molar-refractivity contribution in [3.05, 3.63) is 80.1 Å². The molecule has 108 valence electrons. The van der Waals surface area contributed by atoms with Crippen LogP contribution in [-0.4, -0.2) is 19.3 Å². The van der Waals surface area contributed by atoms with Gasteiger partial charge < -0.3 is 9.47 Å². The second-order valence-electron chi connectivity index (χ2n) is 3.84. The molecule has 1 aliphatic rings. The second-order valence-corrected chi connectivity index (χ2v) is 3.84. The van der Waals surface area contributed by atoms with Crippen LogP contribution in [0.15, 0.2) is 74.6 Å². The van der Waals surface area contributed by atoms with Crippen molar-refractivity contribution in [1.82, 2.24) is 0 Å². The summed E-state index contributed by atoms with van der Waals surface area (Å²) in [5, 5.41) is 0. The van der Waals surface area contributed by atoms with E-state index < -0.39 is 0 Å². The van der Waals surface area contributed by atoms with Crippen molar-refractivity contribution >= 4 is 6.08 Å². The Morgan fingerprint density at radius 1 is 1.20 bits per heavy atom. The van der Waals surface area contributed by atoms with Crippen LogP contribution in [0.2, 0.25) is 0 Å². The first-order valence-electron chi connectivity index (χ1n) is 6.53. The summed E-state index contributed by atoms with van der Waals surface area (Å²) in [6, 6.07) is 10.0. The molecule has 2 heteroatoms. The molecular weight excluding hydrogens is 248 g/mol. The van der Waals surface area contributed by atoms with Gasteiger partial charge in [0, 0.05) is 0 Å². The summed E-state index contributed by atoms with van der Waals surface area (Å²) < 4.78 is 9.90. The van der Waals surface area contributed by atoms with Crippen LogP contribution in [0.5, 0.6) is 0 Å². The molecule has 1 saturated heterocycles. The number of rotatable bonds is 5. The van der Waals surface area contributed by atoms with Crippen LogP contribution in [0.25, 0.3) is 6.08 Å². The molecule has 0 saturated carbocycles. The standard InChI is InChI=1S/C8H8.C6H10O2.C4H6/c1-2-8-6-4-3-5-7-8;1-2-3-7-4-6-5-8-6;1-3-4-2/h2-7H,1H2;2-3,6H,4-5H2,1H3;3-4H,1-2H2. The molecule has 0 bridgehead atoms. The van der Waals surface area contributed by atoms with Gasteiger partial charge in [-0.25, -0.2) is 0 Å². The third kappa shape index (κ3) is 12.4. The van der Waals surface area contributed by atoms with Crippen molar-refractivity contribution in [2.75, 3.05) is 13.2 Å². The third-order valence-electron chi connectivity index (χ3n) is 2.12. The first-order chi connectivity index (χ1) is 9.78. The predicted molar refractivity (Wildman–Crippen MR) is 87.4 cm³/mol. The average molecular weight is 272 g/mol. The van der Waals surface area contributed by atoms with Gasteiger partial charge in [-0.1, -0.05) is 74.4 Å². The van der Waals surface area contributed by atoms with Gasteiger partial charge >= 0.3 is 0 Å². The van der Waals surface area contributed by atoms with Gasteiger partial charge in [-0.05, 0) is 12.5 Å². The molecule has 0 aliphatic carbocycles. The van der Waals surface area contributed by atoms with Crippen molar-refractivity contribution in [1.29, 1.82) is 0 Å². The van der Waals surface area contributed by atoms with Crippen LogP contribution in [0.1, 0.15) is 12.5 Å². The summed E-state index contributed by atoms with van der Waals surface area (Å²) in [5.74, 6) is 0. The van der Waals surface area contributed by atoms with Crippen molar-refractivity contribution in [2.45, 2.75) is 13.0 Å². The molecule has 20 heavy (non-hydrogen) atoms. The minimum atomic E-state index is 0.381. The van der Waals surface area contributed by atoms with Crippen LogP contribution in [0.3, 0.4) is 0 Å². The summed E-state index contributed by atoms with van der Waals surface area (Å²) in [4.78, 5) is 0. The van der Waals surface area contributed by atoms with Crippen molar-refractivity contribution in [3.8, 4) is 0 Å². The maximum atomic E-state index is 5.00. The fourth-order valence-corrected chi connectivity index (χ4v) is 1.01. The van der Waals surface area contributed by atoms with E-state index in [0.29, 0.717) is 12.7 Å². The summed E-state index contributed by atoms with van der Waals surface area (Å²) in [7, 11) is 0. The minimum absolute atomic E-state index is 0.381. The van der Waals surface area contributed by atoms with Gasteiger partial charge in [0.15, 0.2) is 0 Å². The molecule has 1 atom stereocenters. The lowest BCUT2D eigenvalue weighted by Gasteiger charge is -1.91. The maximum Gasteiger partial charge on any atom is 0.116 e. The second kappa shape index (κ2) is 13.4. The Hall–Kier alpha value is -2.06. The predicted octanol–water partition coefficient (Wildman–Crippen LogP) is 4.62. The van der Waals surface area contributed by atoms with E-state index in [0.717, 1.165) is 6.61 Å². The van der Waals surface area contributed by atoms with E-state index in [4.69, 9.17) is 9.47 Å². The highest BCUT2D eigenvalue weighted by Crippen LogP contribution is 2.08. The first kappa shape index (κ1) is 17.9. The molecule has 0 N–H and O–H groups in total. The van der Waals surface area contributed by atoms with Crippen LogP contribution < -0.4 is 0 Å². The maximum absolute atomic E-state index is 5.00. The summed E-state index contributed by atoms with van der Waals surface area (Å²) >= 11 is 0. The van der Waals surface area contributed by atoms with Gasteiger partial charge in [0.05, 0.1) is 12.9 Å². The Balaban J connectivity index is 0.000000289. The lowest BCUT2D eigenvalue weighted by Crippen LogP contribution is -1.94. The van der Waals surface area contributed by atoms with Crippen LogP contribution in [0.4, 0.5) is 0 Å². The normalized spacial score (nSPS) is 14.9. The van der Waals surface area contributed by atoms with Gasteiger partial charge in [-0.2, -0.15) is 0 Å². The van der Waals surface area contributed by atoms with E-state index in [1.165, 1.54) is 5.56 Å². The third-order valence-corrected chi connectivity index (χ3v) is 2.12. The summed E-state index contributed by atoms with van der Waals surface area (Å²) in [6.45, 7) is 13.9. The average Bonchev–Trinajstić information content (AvgIpc) is 3.33. The lowest BCUT2D eigenvalue weighted by molar-refractivity contribution is 0.212. The Kier molecular flexibility index (Phi) is 12.0. The largest absolute Gasteiger partial charge is 0.499 e. The fraction of sp³-hybridized carbons (Fsp3) is 0.222. The number of benzene rings is 1. The highest BCUT2D eigenvalue weighted by atomic mass is 16.6. The van der Waals surface area contributed by atoms with Crippen LogP contribution in [0, 0.1) is 0 Å². The summed E-state index contributed by atoms with van der Waals surface area (Å²) in [5.41, 5.74) is 1.17. The van der Waals surface area contributed by atoms with E-state index >= 15 is 0 Å². The SMILES string of the molecule is C=CC=C.C=Cc1ccccc1.CC=COCC1CO1. The quantitative estimate of drug-likeness (QED) is 0.443. The zero-order valence-corrected chi connectivity index (χ0v) is 12.2. The van der Waals surface area contributed by atoms with E-state index in [9.17, 15) is 0 Å². The molecule has 0 radical (unpaired) electrons. The molecule has 1 unspecified atom stereocenters. The molecule has 1 heterocycles. The zero-order chi connectivity index (χ0) is 15.1. The van der Waals surface area contributed by atoms with Gasteiger partial charge in [0.1, 0.15) is 12.7 Å². The monoisotopic (exact) mass is 272 g/mol. The van der Waals surface area contributed by atoms with E-state index in [-0.39, 0.29) is 0 Å². The first-order valence-corrected chi connectivity index (χ1v) is 6.53. The number of hydrogen-bond acceptors (Lipinski definition) is 2. The van der Waals surface area contributed by atoms with Crippen molar-refractivity contribution in [2.24, 2.45) is 0 Å². The Labute approximate surface area is 122 Å². The molecular formula is C18H24O2. The van der Waals surface area contributed by atoms with E-state index in [1.54, 1.807) is 18.4 Å². The molecule has 2 rings (SSSR count). The molecule has 1 aromatic carbocycles. The van der Waals surface area contributed by atoms with Gasteiger partial charge in [-0.15, -0.1) is 0 Å². The van der Waals surface area contributed by atoms with E-state index in [1.807, 2.05) is 49.4 Å². The van der Waals surface area contributed by atoms with Crippen molar-refractivity contribution in [3.63, 3.8) is 0 Å². The minimum Gasteiger partial charge on any atom is -0.499 e. The highest BCUT2D eigenvalue weighted by Gasteiger charge is 2.22. The smallest absolute Gasteiger partial charge is 0.116 e. The molecule has 1 aliphatic heterocycles. The highest BCUT2D eigenvalue weighted by molar-refractivity contribution is 5.45. The molecule has 0 spiro atoms. The fourth-order valence-electron chi connectivity index (χ4n) is 1.01. The number of ether oxygens (including phenoxy) is 2. The number of allylic oxidation sites excluding steroid dienone is 3. The molecule has 0 amide bonds. The number of epoxide rings is 1. The Morgan fingerprint density at radius 3 is 2.15 bits per heavy atom. The van der Waals surface area contributed by atoms with Gasteiger partial charge in [0.25, 0.3) is 0 Å². The topological polar surface area (TPSA) is 21.8 Å². The molecule has 2 nitrogen and oxygen atoms in total. The Bertz CT molecular complexity index is 383. The van der Waals surface area contributed by atoms with Crippen LogP contribution in [-0.2, 0) is 9.47 Å². The van der Waals surface area contributed by atoms with Crippen LogP contribution >= 0.6 is 0 Å². The molecule has 1 fully saturated rings. The van der Waals surface area contributed by atoms with E-state index in [2.05, 4.69) is 19.7 Å².